The first-order valence-corrected chi connectivity index (χ1v) is 6.22. The Morgan fingerprint density at radius 2 is 0.750 bits per heavy atom. The number of hydrogen-bond donors (Lipinski definition) is 2. The van der Waals surface area contributed by atoms with Gasteiger partial charge in [-0.15, -0.1) is 0 Å². The molecule has 106 valence electrons. The zero-order valence-electron chi connectivity index (χ0n) is 12.2. The van der Waals surface area contributed by atoms with E-state index in [2.05, 4.69) is 13.8 Å². The standard InChI is InChI=1S/C8H18.2C2H7N.2ClH/c1-3-5-7-8-6-4-2;2*1-3-2;;/h3-8H2,1-2H3;2*3H,1-2H3;2*1H. The van der Waals surface area contributed by atoms with Crippen molar-refractivity contribution in [3.05, 3.63) is 0 Å². The lowest BCUT2D eigenvalue weighted by molar-refractivity contribution is -0.597. The number of hydrogen-bond acceptors (Lipinski definition) is 0. The van der Waals surface area contributed by atoms with Crippen molar-refractivity contribution in [2.24, 2.45) is 0 Å². The van der Waals surface area contributed by atoms with Crippen molar-refractivity contribution < 1.29 is 35.4 Å². The van der Waals surface area contributed by atoms with E-state index in [-0.39, 0.29) is 24.8 Å². The molecule has 0 aromatic rings. The van der Waals surface area contributed by atoms with Crippen molar-refractivity contribution in [1.29, 1.82) is 0 Å². The predicted molar refractivity (Wildman–Crippen MR) is 66.6 cm³/mol. The van der Waals surface area contributed by atoms with Crippen molar-refractivity contribution in [2.45, 2.75) is 52.4 Å². The molecule has 0 heterocycles. The minimum absolute atomic E-state index is 0. The Bertz CT molecular complexity index is 57.0. The smallest absolute Gasteiger partial charge is 0.0647 e. The van der Waals surface area contributed by atoms with Crippen LogP contribution in [0, 0.1) is 0 Å². The largest absolute Gasteiger partial charge is 1.00 e. The average molecular weight is 277 g/mol. The van der Waals surface area contributed by atoms with Crippen LogP contribution in [0.4, 0.5) is 0 Å². The van der Waals surface area contributed by atoms with Crippen molar-refractivity contribution in [1.82, 2.24) is 0 Å². The highest BCUT2D eigenvalue weighted by molar-refractivity contribution is 4.39. The van der Waals surface area contributed by atoms with Crippen molar-refractivity contribution in [3.63, 3.8) is 0 Å². The zero-order chi connectivity index (χ0) is 11.7. The topological polar surface area (TPSA) is 33.2 Å². The lowest BCUT2D eigenvalue weighted by Crippen LogP contribution is -3.00. The molecule has 0 amide bonds. The molecule has 2 nitrogen and oxygen atoms in total. The minimum Gasteiger partial charge on any atom is -1.00 e. The van der Waals surface area contributed by atoms with Gasteiger partial charge in [0.05, 0.1) is 28.2 Å². The SMILES string of the molecule is CCCCCCCC.C[NH2+]C.C[NH2+]C.[Cl-].[Cl-]. The van der Waals surface area contributed by atoms with Crippen molar-refractivity contribution >= 4 is 0 Å². The Morgan fingerprint density at radius 3 is 0.875 bits per heavy atom. The molecule has 0 radical (unpaired) electrons. The van der Waals surface area contributed by atoms with Crippen LogP contribution >= 0.6 is 0 Å². The zero-order valence-corrected chi connectivity index (χ0v) is 13.7. The Labute approximate surface area is 116 Å². The van der Waals surface area contributed by atoms with Gasteiger partial charge in [0.1, 0.15) is 0 Å². The second-order valence-corrected chi connectivity index (χ2v) is 3.57. The van der Waals surface area contributed by atoms with E-state index in [0.717, 1.165) is 0 Å². The van der Waals surface area contributed by atoms with Gasteiger partial charge in [0, 0.05) is 0 Å². The molecule has 0 rings (SSSR count). The third-order valence-electron chi connectivity index (χ3n) is 1.46. The number of nitrogens with two attached hydrogens (primary N) is 2. The van der Waals surface area contributed by atoms with Gasteiger partial charge >= 0.3 is 0 Å². The molecule has 0 fully saturated rings. The van der Waals surface area contributed by atoms with Gasteiger partial charge < -0.3 is 35.4 Å². The molecule has 0 aromatic carbocycles. The van der Waals surface area contributed by atoms with Crippen LogP contribution in [0.2, 0.25) is 0 Å². The van der Waals surface area contributed by atoms with Gasteiger partial charge in [0.2, 0.25) is 0 Å². The summed E-state index contributed by atoms with van der Waals surface area (Å²) in [6, 6.07) is 0. The second kappa shape index (κ2) is 45.1. The molecule has 0 spiro atoms. The first-order chi connectivity index (χ1) is 6.74. The highest BCUT2D eigenvalue weighted by Gasteiger charge is 1.83. The van der Waals surface area contributed by atoms with Crippen LogP contribution in [0.1, 0.15) is 52.4 Å². The van der Waals surface area contributed by atoms with Gasteiger partial charge in [-0.2, -0.15) is 0 Å². The van der Waals surface area contributed by atoms with E-state index < -0.39 is 0 Å². The third-order valence-corrected chi connectivity index (χ3v) is 1.46. The van der Waals surface area contributed by atoms with Crippen LogP contribution in [-0.2, 0) is 0 Å². The van der Waals surface area contributed by atoms with E-state index in [9.17, 15) is 0 Å². The molecule has 0 bridgehead atoms. The lowest BCUT2D eigenvalue weighted by atomic mass is 10.1. The van der Waals surface area contributed by atoms with E-state index in [1.165, 1.54) is 38.5 Å². The summed E-state index contributed by atoms with van der Waals surface area (Å²) in [5.41, 5.74) is 0. The van der Waals surface area contributed by atoms with E-state index in [1.807, 2.05) is 38.8 Å². The molecule has 0 saturated heterocycles. The maximum absolute atomic E-state index is 2.26. The first-order valence-electron chi connectivity index (χ1n) is 6.22. The molecule has 4 heteroatoms. The molecule has 4 N–H and O–H groups in total. The summed E-state index contributed by atoms with van der Waals surface area (Å²) in [4.78, 5) is 0. The van der Waals surface area contributed by atoms with Crippen LogP contribution in [0.25, 0.3) is 0 Å². The number of rotatable bonds is 5. The van der Waals surface area contributed by atoms with E-state index in [1.54, 1.807) is 0 Å². The third kappa shape index (κ3) is 87.4. The molecular weight excluding hydrogens is 243 g/mol. The van der Waals surface area contributed by atoms with Crippen LogP contribution in [-0.4, -0.2) is 28.2 Å². The van der Waals surface area contributed by atoms with E-state index >= 15 is 0 Å². The summed E-state index contributed by atoms with van der Waals surface area (Å²) >= 11 is 0. The molecule has 0 aromatic heterocycles. The van der Waals surface area contributed by atoms with Crippen molar-refractivity contribution in [3.8, 4) is 0 Å². The summed E-state index contributed by atoms with van der Waals surface area (Å²) in [7, 11) is 8.00. The molecule has 16 heavy (non-hydrogen) atoms. The van der Waals surface area contributed by atoms with Crippen LogP contribution in [0.15, 0.2) is 0 Å². The molecule has 0 atom stereocenters. The molecule has 0 aliphatic rings. The number of quaternary nitrogens is 2. The first kappa shape index (κ1) is 30.0. The molecule has 0 aliphatic heterocycles. The quantitative estimate of drug-likeness (QED) is 0.472. The van der Waals surface area contributed by atoms with E-state index in [4.69, 9.17) is 0 Å². The summed E-state index contributed by atoms with van der Waals surface area (Å²) in [6.07, 6.45) is 8.49. The molecule has 0 aliphatic carbocycles. The second-order valence-electron chi connectivity index (χ2n) is 3.57. The number of halogens is 2. The predicted octanol–water partition coefficient (Wildman–Crippen LogP) is -5.01. The minimum atomic E-state index is 0. The van der Waals surface area contributed by atoms with Crippen molar-refractivity contribution in [2.75, 3.05) is 28.2 Å². The number of unbranched alkanes of at least 4 members (excludes halogenated alkanes) is 5. The van der Waals surface area contributed by atoms with Crippen LogP contribution in [0.3, 0.4) is 0 Å². The van der Waals surface area contributed by atoms with Gasteiger partial charge in [-0.05, 0) is 0 Å². The highest BCUT2D eigenvalue weighted by atomic mass is 35.5. The normalized spacial score (nSPS) is 7.12. The Hall–Kier alpha value is 0.500. The Balaban J connectivity index is -0.0000000434. The fraction of sp³-hybridized carbons (Fsp3) is 1.00. The summed E-state index contributed by atoms with van der Waals surface area (Å²) < 4.78 is 0. The monoisotopic (exact) mass is 276 g/mol. The van der Waals surface area contributed by atoms with Gasteiger partial charge in [0.15, 0.2) is 0 Å². The van der Waals surface area contributed by atoms with Gasteiger partial charge in [-0.3, -0.25) is 0 Å². The average Bonchev–Trinajstić information content (AvgIpc) is 2.15. The fourth-order valence-corrected chi connectivity index (χ4v) is 0.854. The summed E-state index contributed by atoms with van der Waals surface area (Å²) in [5.74, 6) is 0. The van der Waals surface area contributed by atoms with Crippen LogP contribution in [0.5, 0.6) is 0 Å². The van der Waals surface area contributed by atoms with E-state index in [0.29, 0.717) is 0 Å². The molecular formula is C12H34Cl2N2. The van der Waals surface area contributed by atoms with Gasteiger partial charge in [-0.25, -0.2) is 0 Å². The lowest BCUT2D eigenvalue weighted by Gasteiger charge is -1.93. The maximum atomic E-state index is 2.26. The molecule has 0 saturated carbocycles. The molecule has 0 unspecified atom stereocenters. The Kier molecular flexibility index (Phi) is 84.5. The van der Waals surface area contributed by atoms with Gasteiger partial charge in [-0.1, -0.05) is 52.4 Å². The maximum Gasteiger partial charge on any atom is 0.0647 e. The highest BCUT2D eigenvalue weighted by Crippen LogP contribution is 2.03. The Morgan fingerprint density at radius 1 is 0.562 bits per heavy atom. The van der Waals surface area contributed by atoms with Crippen LogP contribution < -0.4 is 35.4 Å². The summed E-state index contributed by atoms with van der Waals surface area (Å²) in [5, 5.41) is 4.00. The van der Waals surface area contributed by atoms with Gasteiger partial charge in [0.25, 0.3) is 0 Å². The summed E-state index contributed by atoms with van der Waals surface area (Å²) in [6.45, 7) is 4.51. The fourth-order valence-electron chi connectivity index (χ4n) is 0.854.